The summed E-state index contributed by atoms with van der Waals surface area (Å²) in [6, 6.07) is 0.914. The summed E-state index contributed by atoms with van der Waals surface area (Å²) in [5.41, 5.74) is -8.31. The van der Waals surface area contributed by atoms with Gasteiger partial charge in [0, 0.05) is 11.1 Å². The van der Waals surface area contributed by atoms with E-state index in [2.05, 4.69) is 0 Å². The standard InChI is InChI=1S/C12H8ClF7O/c1-5-6(2)8(4-3-7(5)9(13)21)10(14,11(15,16)17)12(18,19)20/h3-4H,1-2H3. The summed E-state index contributed by atoms with van der Waals surface area (Å²) in [5.74, 6) is 0. The molecule has 0 aliphatic rings. The maximum atomic E-state index is 13.9. The van der Waals surface area contributed by atoms with Crippen molar-refractivity contribution < 1.29 is 35.5 Å². The summed E-state index contributed by atoms with van der Waals surface area (Å²) in [5, 5.41) is -1.06. The van der Waals surface area contributed by atoms with E-state index in [0.717, 1.165) is 13.8 Å². The third-order valence-corrected chi connectivity index (χ3v) is 3.35. The van der Waals surface area contributed by atoms with Gasteiger partial charge >= 0.3 is 18.0 Å². The van der Waals surface area contributed by atoms with E-state index in [4.69, 9.17) is 11.6 Å². The van der Waals surface area contributed by atoms with Crippen LogP contribution >= 0.6 is 11.6 Å². The fourth-order valence-corrected chi connectivity index (χ4v) is 2.08. The van der Waals surface area contributed by atoms with Crippen LogP contribution in [0, 0.1) is 13.8 Å². The highest BCUT2D eigenvalue weighted by atomic mass is 35.5. The van der Waals surface area contributed by atoms with Crippen LogP contribution in [0.25, 0.3) is 0 Å². The summed E-state index contributed by atoms with van der Waals surface area (Å²) in [6.07, 6.45) is -12.4. The van der Waals surface area contributed by atoms with E-state index in [-0.39, 0.29) is 17.2 Å². The summed E-state index contributed by atoms with van der Waals surface area (Å²) < 4.78 is 90.0. The second kappa shape index (κ2) is 5.15. The molecule has 0 saturated heterocycles. The van der Waals surface area contributed by atoms with Gasteiger partial charge in [-0.3, -0.25) is 4.79 Å². The number of carbonyl (C=O) groups is 1. The van der Waals surface area contributed by atoms with Crippen molar-refractivity contribution >= 4 is 16.8 Å². The SMILES string of the molecule is Cc1c(C(=O)Cl)ccc(C(F)(C(F)(F)F)C(F)(F)F)c1C. The topological polar surface area (TPSA) is 17.1 Å². The van der Waals surface area contributed by atoms with Crippen molar-refractivity contribution in [2.24, 2.45) is 0 Å². The highest BCUT2D eigenvalue weighted by molar-refractivity contribution is 6.67. The minimum absolute atomic E-state index is 0.247. The lowest BCUT2D eigenvalue weighted by Gasteiger charge is -2.32. The highest BCUT2D eigenvalue weighted by Gasteiger charge is 2.73. The fourth-order valence-electron chi connectivity index (χ4n) is 1.87. The van der Waals surface area contributed by atoms with E-state index in [1.807, 2.05) is 0 Å². The van der Waals surface area contributed by atoms with Gasteiger partial charge in [0.25, 0.3) is 5.24 Å². The van der Waals surface area contributed by atoms with Gasteiger partial charge in [0.2, 0.25) is 0 Å². The molecule has 1 aromatic carbocycles. The summed E-state index contributed by atoms with van der Waals surface area (Å²) in [4.78, 5) is 11.0. The van der Waals surface area contributed by atoms with Gasteiger partial charge in [0.15, 0.2) is 0 Å². The monoisotopic (exact) mass is 336 g/mol. The molecule has 0 amide bonds. The van der Waals surface area contributed by atoms with E-state index in [0.29, 0.717) is 6.07 Å². The van der Waals surface area contributed by atoms with Crippen molar-refractivity contribution in [3.8, 4) is 0 Å². The van der Waals surface area contributed by atoms with Gasteiger partial charge in [-0.15, -0.1) is 0 Å². The first-order valence-corrected chi connectivity index (χ1v) is 5.75. The molecule has 0 aliphatic carbocycles. The molecule has 0 spiro atoms. The molecule has 21 heavy (non-hydrogen) atoms. The van der Waals surface area contributed by atoms with Crippen molar-refractivity contribution in [2.45, 2.75) is 31.9 Å². The molecule has 0 heterocycles. The normalized spacial score (nSPS) is 13.4. The summed E-state index contributed by atoms with van der Waals surface area (Å²) in [7, 11) is 0. The van der Waals surface area contributed by atoms with Crippen LogP contribution in [0.1, 0.15) is 27.0 Å². The molecule has 0 atom stereocenters. The Morgan fingerprint density at radius 2 is 1.33 bits per heavy atom. The Balaban J connectivity index is 3.71. The van der Waals surface area contributed by atoms with E-state index < -0.39 is 34.4 Å². The first kappa shape index (κ1) is 17.7. The summed E-state index contributed by atoms with van der Waals surface area (Å²) >= 11 is 5.15. The molecule has 1 rings (SSSR count). The smallest absolute Gasteiger partial charge is 0.276 e. The minimum atomic E-state index is -6.20. The van der Waals surface area contributed by atoms with Crippen molar-refractivity contribution in [1.29, 1.82) is 0 Å². The zero-order valence-electron chi connectivity index (χ0n) is 10.6. The average Bonchev–Trinajstić information content (AvgIpc) is 2.28. The second-order valence-electron chi connectivity index (χ2n) is 4.34. The molecule has 1 nitrogen and oxygen atoms in total. The molecule has 118 valence electrons. The van der Waals surface area contributed by atoms with Gasteiger partial charge in [-0.2, -0.15) is 26.3 Å². The third kappa shape index (κ3) is 2.73. The Bertz CT molecular complexity index is 560. The van der Waals surface area contributed by atoms with Gasteiger partial charge in [-0.25, -0.2) is 4.39 Å². The zero-order chi connectivity index (χ0) is 16.8. The maximum Gasteiger partial charge on any atom is 0.435 e. The minimum Gasteiger partial charge on any atom is -0.276 e. The molecule has 0 aliphatic heterocycles. The zero-order valence-corrected chi connectivity index (χ0v) is 11.3. The molecule has 0 unspecified atom stereocenters. The molecular weight excluding hydrogens is 329 g/mol. The van der Waals surface area contributed by atoms with Crippen molar-refractivity contribution in [1.82, 2.24) is 0 Å². The van der Waals surface area contributed by atoms with E-state index in [1.165, 1.54) is 0 Å². The average molecular weight is 337 g/mol. The predicted molar refractivity (Wildman–Crippen MR) is 61.0 cm³/mol. The van der Waals surface area contributed by atoms with Crippen LogP contribution in [-0.2, 0) is 5.67 Å². The van der Waals surface area contributed by atoms with Crippen LogP contribution in [-0.4, -0.2) is 17.6 Å². The van der Waals surface area contributed by atoms with Crippen molar-refractivity contribution in [3.63, 3.8) is 0 Å². The molecule has 0 aromatic heterocycles. The lowest BCUT2D eigenvalue weighted by molar-refractivity contribution is -0.348. The van der Waals surface area contributed by atoms with Crippen LogP contribution in [0.15, 0.2) is 12.1 Å². The number of carbonyl (C=O) groups excluding carboxylic acids is 1. The molecule has 0 N–H and O–H groups in total. The van der Waals surface area contributed by atoms with E-state index in [9.17, 15) is 35.5 Å². The Morgan fingerprint density at radius 1 is 0.905 bits per heavy atom. The van der Waals surface area contributed by atoms with Crippen LogP contribution in [0.4, 0.5) is 30.7 Å². The maximum absolute atomic E-state index is 13.9. The van der Waals surface area contributed by atoms with Crippen molar-refractivity contribution in [2.75, 3.05) is 0 Å². The highest BCUT2D eigenvalue weighted by Crippen LogP contribution is 2.54. The number of benzene rings is 1. The third-order valence-electron chi connectivity index (χ3n) is 3.15. The molecule has 0 fully saturated rings. The number of alkyl halides is 7. The van der Waals surface area contributed by atoms with Crippen LogP contribution in [0.2, 0.25) is 0 Å². The number of rotatable bonds is 2. The van der Waals surface area contributed by atoms with Gasteiger partial charge < -0.3 is 0 Å². The van der Waals surface area contributed by atoms with E-state index >= 15 is 0 Å². The van der Waals surface area contributed by atoms with Crippen LogP contribution in [0.5, 0.6) is 0 Å². The Hall–Kier alpha value is -1.31. The van der Waals surface area contributed by atoms with Crippen LogP contribution < -0.4 is 0 Å². The van der Waals surface area contributed by atoms with Crippen LogP contribution in [0.3, 0.4) is 0 Å². The lowest BCUT2D eigenvalue weighted by Crippen LogP contribution is -2.50. The van der Waals surface area contributed by atoms with Crippen molar-refractivity contribution in [3.05, 3.63) is 34.4 Å². The van der Waals surface area contributed by atoms with Gasteiger partial charge in [-0.05, 0) is 42.6 Å². The number of hydrogen-bond acceptors (Lipinski definition) is 1. The molecule has 9 heteroatoms. The van der Waals surface area contributed by atoms with Gasteiger partial charge in [0.05, 0.1) is 0 Å². The van der Waals surface area contributed by atoms with Gasteiger partial charge in [0.1, 0.15) is 0 Å². The number of hydrogen-bond donors (Lipinski definition) is 0. The van der Waals surface area contributed by atoms with Gasteiger partial charge in [-0.1, -0.05) is 6.07 Å². The Kier molecular flexibility index (Phi) is 4.35. The lowest BCUT2D eigenvalue weighted by atomic mass is 9.87. The largest absolute Gasteiger partial charge is 0.435 e. The Labute approximate surface area is 119 Å². The summed E-state index contributed by atoms with van der Waals surface area (Å²) in [6.45, 7) is 1.95. The quantitative estimate of drug-likeness (QED) is 0.550. The van der Waals surface area contributed by atoms with E-state index in [1.54, 1.807) is 0 Å². The molecular formula is C12H8ClF7O. The number of halogens is 8. The first-order chi connectivity index (χ1) is 9.25. The molecule has 1 aromatic rings. The molecule has 0 radical (unpaired) electrons. The fraction of sp³-hybridized carbons (Fsp3) is 0.417. The molecule has 0 saturated carbocycles. The predicted octanol–water partition coefficient (Wildman–Crippen LogP) is 4.97. The second-order valence-corrected chi connectivity index (χ2v) is 4.68. The molecule has 0 bridgehead atoms. The first-order valence-electron chi connectivity index (χ1n) is 5.38. The Morgan fingerprint density at radius 3 is 1.67 bits per heavy atom.